The number of aliphatic carboxylic acids is 1. The molecule has 3 amide bonds. The van der Waals surface area contributed by atoms with Crippen molar-refractivity contribution in [3.8, 4) is 0 Å². The maximum Gasteiger partial charge on any atom is 0.490 e. The summed E-state index contributed by atoms with van der Waals surface area (Å²) in [4.78, 5) is 46.2. The lowest BCUT2D eigenvalue weighted by Gasteiger charge is -2.31. The van der Waals surface area contributed by atoms with Crippen LogP contribution < -0.4 is 16.0 Å². The Kier molecular flexibility index (Phi) is 11.9. The molecule has 1 aliphatic heterocycles. The Labute approximate surface area is 269 Å². The predicted octanol–water partition coefficient (Wildman–Crippen LogP) is 4.31. The number of nitrogens with zero attached hydrogens (tertiary/aromatic N) is 2. The first kappa shape index (κ1) is 36.0. The van der Waals surface area contributed by atoms with E-state index in [1.807, 2.05) is 0 Å². The van der Waals surface area contributed by atoms with E-state index in [-0.39, 0.29) is 51.0 Å². The minimum atomic E-state index is -5.08. The zero-order chi connectivity index (χ0) is 34.2. The van der Waals surface area contributed by atoms with Crippen molar-refractivity contribution >= 4 is 68.3 Å². The molecule has 0 spiro atoms. The van der Waals surface area contributed by atoms with Gasteiger partial charge in [0.1, 0.15) is 5.69 Å². The highest BCUT2D eigenvalue weighted by molar-refractivity contribution is 7.89. The predicted molar refractivity (Wildman–Crippen MR) is 161 cm³/mol. The summed E-state index contributed by atoms with van der Waals surface area (Å²) < 4.78 is 59.4. The van der Waals surface area contributed by atoms with Crippen molar-refractivity contribution in [1.29, 1.82) is 0 Å². The Bertz CT molecular complexity index is 1720. The average molecular weight is 705 g/mol. The minimum Gasteiger partial charge on any atom is -0.475 e. The van der Waals surface area contributed by atoms with E-state index in [2.05, 4.69) is 32.7 Å². The summed E-state index contributed by atoms with van der Waals surface area (Å²) in [7, 11) is -3.82. The minimum absolute atomic E-state index is 0.0277. The highest BCUT2D eigenvalue weighted by Crippen LogP contribution is 2.27. The number of carbonyl (C=O) groups excluding carboxylic acids is 3. The fourth-order valence-electron chi connectivity index (χ4n) is 4.03. The van der Waals surface area contributed by atoms with Crippen molar-refractivity contribution in [2.45, 2.75) is 30.0 Å². The zero-order valence-corrected chi connectivity index (χ0v) is 25.7. The quantitative estimate of drug-likeness (QED) is 0.214. The van der Waals surface area contributed by atoms with Crippen molar-refractivity contribution in [3.63, 3.8) is 0 Å². The number of hydrogen-bond acceptors (Lipinski definition) is 7. The molecule has 0 bridgehead atoms. The molecule has 0 atom stereocenters. The average Bonchev–Trinajstić information content (AvgIpc) is 3.45. The van der Waals surface area contributed by atoms with Crippen LogP contribution in [-0.2, 0) is 19.6 Å². The first-order chi connectivity index (χ1) is 21.5. The highest BCUT2D eigenvalue weighted by Gasteiger charge is 2.38. The summed E-state index contributed by atoms with van der Waals surface area (Å²) >= 11 is 12.2. The summed E-state index contributed by atoms with van der Waals surface area (Å²) in [6, 6.07) is 10.3. The van der Waals surface area contributed by atoms with Gasteiger partial charge in [0.25, 0.3) is 11.8 Å². The van der Waals surface area contributed by atoms with E-state index >= 15 is 0 Å². The van der Waals surface area contributed by atoms with Crippen molar-refractivity contribution in [1.82, 2.24) is 19.8 Å². The molecule has 1 fully saturated rings. The number of anilines is 2. The van der Waals surface area contributed by atoms with Crippen LogP contribution in [0.2, 0.25) is 10.0 Å². The van der Waals surface area contributed by atoms with Crippen LogP contribution in [0.5, 0.6) is 0 Å². The van der Waals surface area contributed by atoms with Gasteiger partial charge in [-0.3, -0.25) is 19.5 Å². The number of sulfonamides is 1. The van der Waals surface area contributed by atoms with Gasteiger partial charge in [-0.1, -0.05) is 41.9 Å². The first-order valence-electron chi connectivity index (χ1n) is 13.0. The molecule has 0 aliphatic carbocycles. The third-order valence-electron chi connectivity index (χ3n) is 6.26. The Morgan fingerprint density at radius 2 is 1.61 bits per heavy atom. The van der Waals surface area contributed by atoms with E-state index in [0.29, 0.717) is 18.5 Å². The summed E-state index contributed by atoms with van der Waals surface area (Å²) in [5.41, 5.74) is 0.565. The van der Waals surface area contributed by atoms with Gasteiger partial charge in [-0.25, -0.2) is 13.2 Å². The number of carboxylic acid groups (broad SMARTS) is 1. The van der Waals surface area contributed by atoms with Gasteiger partial charge < -0.3 is 21.1 Å². The molecule has 1 aromatic heterocycles. The normalized spacial score (nSPS) is 13.9. The SMILES string of the molecule is C=CC(=O)Nc1cccc(S(=O)(=O)N2CCC(NC(=O)c3[nH]ncc3NC(=O)c3c(Cl)cccc3Cl)CC2)c1.O=C(O)C(F)(F)F. The van der Waals surface area contributed by atoms with Crippen LogP contribution in [0.15, 0.2) is 66.2 Å². The molecule has 2 aromatic carbocycles. The van der Waals surface area contributed by atoms with Crippen molar-refractivity contribution in [2.75, 3.05) is 23.7 Å². The van der Waals surface area contributed by atoms with Crippen LogP contribution in [0.3, 0.4) is 0 Å². The van der Waals surface area contributed by atoms with Gasteiger partial charge >= 0.3 is 12.1 Å². The number of alkyl halides is 3. The molecular weight excluding hydrogens is 680 g/mol. The summed E-state index contributed by atoms with van der Waals surface area (Å²) in [6.45, 7) is 3.73. The van der Waals surface area contributed by atoms with Gasteiger partial charge in [0, 0.05) is 24.8 Å². The van der Waals surface area contributed by atoms with E-state index in [1.54, 1.807) is 18.2 Å². The number of aromatic nitrogens is 2. The van der Waals surface area contributed by atoms with E-state index in [1.165, 1.54) is 34.8 Å². The van der Waals surface area contributed by atoms with Crippen molar-refractivity contribution in [3.05, 3.63) is 82.6 Å². The maximum absolute atomic E-state index is 13.2. The van der Waals surface area contributed by atoms with Crippen molar-refractivity contribution in [2.24, 2.45) is 0 Å². The largest absolute Gasteiger partial charge is 0.490 e. The molecule has 46 heavy (non-hydrogen) atoms. The van der Waals surface area contributed by atoms with Gasteiger partial charge in [0.15, 0.2) is 0 Å². The molecule has 246 valence electrons. The zero-order valence-electron chi connectivity index (χ0n) is 23.4. The number of H-pyrrole nitrogens is 1. The molecule has 1 aliphatic rings. The fraction of sp³-hybridized carbons (Fsp3) is 0.222. The van der Waals surface area contributed by atoms with E-state index < -0.39 is 39.9 Å². The first-order valence-corrected chi connectivity index (χ1v) is 15.2. The van der Waals surface area contributed by atoms with Crippen LogP contribution >= 0.6 is 23.2 Å². The topological polar surface area (TPSA) is 191 Å². The van der Waals surface area contributed by atoms with Crippen LogP contribution in [0.25, 0.3) is 0 Å². The van der Waals surface area contributed by atoms with E-state index in [0.717, 1.165) is 6.08 Å². The molecule has 3 aromatic rings. The lowest BCUT2D eigenvalue weighted by molar-refractivity contribution is -0.192. The number of carboxylic acids is 1. The van der Waals surface area contributed by atoms with Gasteiger partial charge in [0.05, 0.1) is 32.4 Å². The second-order valence-electron chi connectivity index (χ2n) is 9.39. The number of aromatic amines is 1. The number of hydrogen-bond donors (Lipinski definition) is 5. The smallest absolute Gasteiger partial charge is 0.475 e. The lowest BCUT2D eigenvalue weighted by Crippen LogP contribution is -2.46. The number of halogens is 5. The van der Waals surface area contributed by atoms with E-state index in [9.17, 15) is 36.0 Å². The molecule has 13 nitrogen and oxygen atoms in total. The molecule has 5 N–H and O–H groups in total. The second kappa shape index (κ2) is 15.2. The van der Waals surface area contributed by atoms with Crippen LogP contribution in [0, 0.1) is 0 Å². The van der Waals surface area contributed by atoms with Crippen LogP contribution in [0.4, 0.5) is 24.5 Å². The molecule has 19 heteroatoms. The monoisotopic (exact) mass is 704 g/mol. The second-order valence-corrected chi connectivity index (χ2v) is 12.1. The number of rotatable bonds is 8. The Hall–Kier alpha value is -4.45. The summed E-state index contributed by atoms with van der Waals surface area (Å²) in [5.74, 6) is -4.33. The highest BCUT2D eigenvalue weighted by atomic mass is 35.5. The molecule has 0 unspecified atom stereocenters. The molecule has 0 saturated carbocycles. The molecule has 0 radical (unpaired) electrons. The third-order valence-corrected chi connectivity index (χ3v) is 8.79. The number of benzene rings is 2. The van der Waals surface area contributed by atoms with E-state index in [4.69, 9.17) is 33.1 Å². The molecule has 2 heterocycles. The van der Waals surface area contributed by atoms with Gasteiger partial charge in [-0.2, -0.15) is 22.6 Å². The van der Waals surface area contributed by atoms with Crippen LogP contribution in [0.1, 0.15) is 33.7 Å². The molecule has 4 rings (SSSR count). The fourth-order valence-corrected chi connectivity index (χ4v) is 6.11. The number of piperidine rings is 1. The van der Waals surface area contributed by atoms with Crippen molar-refractivity contribution < 1.29 is 45.9 Å². The lowest BCUT2D eigenvalue weighted by atomic mass is 10.1. The number of amides is 3. The maximum atomic E-state index is 13.2. The molecule has 1 saturated heterocycles. The van der Waals surface area contributed by atoms with Gasteiger partial charge in [-0.05, 0) is 49.2 Å². The standard InChI is InChI=1S/C25H24Cl2N6O5S.C2HF3O2/c1-2-21(34)29-16-5-3-6-17(13-16)39(37,38)33-11-9-15(10-12-33)30-25(36)23-20(14-28-32-23)31-24(35)22-18(26)7-4-8-19(22)27;3-2(4,5)1(6)7/h2-8,13-15H,1,9-12H2,(H,28,32)(H,29,34)(H,30,36)(H,31,35);(H,6,7). The summed E-state index contributed by atoms with van der Waals surface area (Å²) in [6.07, 6.45) is -1.97. The third kappa shape index (κ3) is 9.29. The Morgan fingerprint density at radius 1 is 1.02 bits per heavy atom. The molecular formula is C27H25Cl2F3N6O7S. The Balaban J connectivity index is 0.000000738. The number of carbonyl (C=O) groups is 4. The Morgan fingerprint density at radius 3 is 2.17 bits per heavy atom. The van der Waals surface area contributed by atoms with Gasteiger partial charge in [-0.15, -0.1) is 0 Å². The number of nitrogens with one attached hydrogen (secondary N) is 4. The van der Waals surface area contributed by atoms with Gasteiger partial charge in [0.2, 0.25) is 15.9 Å². The van der Waals surface area contributed by atoms with Crippen LogP contribution in [-0.4, -0.2) is 77.0 Å². The summed E-state index contributed by atoms with van der Waals surface area (Å²) in [5, 5.41) is 21.9.